The number of nitrogens with one attached hydrogen (secondary N) is 1. The number of anilines is 1. The van der Waals surface area contributed by atoms with Crippen LogP contribution in [0.5, 0.6) is 0 Å². The lowest BCUT2D eigenvalue weighted by Crippen LogP contribution is -2.09. The Balaban J connectivity index is 2.42. The maximum Gasteiger partial charge on any atom is 0.134 e. The molecular weight excluding hydrogens is 210 g/mol. The SMILES string of the molecule is CNc1nc(C2CC2(C)C)nc(C)c1C(C)C. The van der Waals surface area contributed by atoms with Gasteiger partial charge in [0.25, 0.3) is 0 Å². The number of nitrogens with zero attached hydrogens (tertiary/aromatic N) is 2. The van der Waals surface area contributed by atoms with Gasteiger partial charge in [-0.3, -0.25) is 0 Å². The Morgan fingerprint density at radius 1 is 1.29 bits per heavy atom. The fourth-order valence-corrected chi connectivity index (χ4v) is 2.55. The lowest BCUT2D eigenvalue weighted by Gasteiger charge is -2.16. The zero-order chi connectivity index (χ0) is 12.8. The molecule has 0 radical (unpaired) electrons. The molecule has 0 saturated heterocycles. The molecule has 0 amide bonds. The fraction of sp³-hybridized carbons (Fsp3) is 0.714. The van der Waals surface area contributed by atoms with Crippen LogP contribution in [-0.2, 0) is 0 Å². The molecule has 1 fully saturated rings. The van der Waals surface area contributed by atoms with E-state index in [9.17, 15) is 0 Å². The fourth-order valence-electron chi connectivity index (χ4n) is 2.55. The summed E-state index contributed by atoms with van der Waals surface area (Å²) in [6, 6.07) is 0. The smallest absolute Gasteiger partial charge is 0.134 e. The quantitative estimate of drug-likeness (QED) is 0.868. The molecule has 1 atom stereocenters. The zero-order valence-electron chi connectivity index (χ0n) is 11.8. The molecule has 1 aliphatic rings. The van der Waals surface area contributed by atoms with Gasteiger partial charge in [-0.2, -0.15) is 0 Å². The van der Waals surface area contributed by atoms with Crippen molar-refractivity contribution in [2.24, 2.45) is 5.41 Å². The van der Waals surface area contributed by atoms with E-state index < -0.39 is 0 Å². The normalized spacial score (nSPS) is 21.7. The summed E-state index contributed by atoms with van der Waals surface area (Å²) in [6.07, 6.45) is 1.20. The van der Waals surface area contributed by atoms with Gasteiger partial charge in [0.15, 0.2) is 0 Å². The molecule has 1 heterocycles. The molecule has 0 bridgehead atoms. The minimum Gasteiger partial charge on any atom is -0.373 e. The number of rotatable bonds is 3. The Morgan fingerprint density at radius 2 is 1.88 bits per heavy atom. The summed E-state index contributed by atoms with van der Waals surface area (Å²) >= 11 is 0. The highest BCUT2D eigenvalue weighted by Gasteiger charge is 2.48. The summed E-state index contributed by atoms with van der Waals surface area (Å²) in [5.41, 5.74) is 2.75. The van der Waals surface area contributed by atoms with Crippen molar-refractivity contribution < 1.29 is 0 Å². The van der Waals surface area contributed by atoms with Gasteiger partial charge in [-0.1, -0.05) is 27.7 Å². The first kappa shape index (κ1) is 12.3. The van der Waals surface area contributed by atoms with Crippen molar-refractivity contribution in [1.82, 2.24) is 9.97 Å². The minimum atomic E-state index is 0.386. The third-order valence-electron chi connectivity index (χ3n) is 3.79. The zero-order valence-corrected chi connectivity index (χ0v) is 11.8. The lowest BCUT2D eigenvalue weighted by molar-refractivity contribution is 0.606. The van der Waals surface area contributed by atoms with Crippen LogP contribution in [0.15, 0.2) is 0 Å². The van der Waals surface area contributed by atoms with Gasteiger partial charge in [0.2, 0.25) is 0 Å². The highest BCUT2D eigenvalue weighted by Crippen LogP contribution is 2.57. The van der Waals surface area contributed by atoms with E-state index in [0.29, 0.717) is 17.3 Å². The molecule has 94 valence electrons. The van der Waals surface area contributed by atoms with Crippen LogP contribution in [-0.4, -0.2) is 17.0 Å². The summed E-state index contributed by atoms with van der Waals surface area (Å²) in [5, 5.41) is 3.22. The maximum absolute atomic E-state index is 4.71. The third kappa shape index (κ3) is 2.15. The molecular formula is C14H23N3. The predicted molar refractivity (Wildman–Crippen MR) is 71.5 cm³/mol. The summed E-state index contributed by atoms with van der Waals surface area (Å²) < 4.78 is 0. The van der Waals surface area contributed by atoms with Crippen molar-refractivity contribution in [3.63, 3.8) is 0 Å². The van der Waals surface area contributed by atoms with Gasteiger partial charge < -0.3 is 5.32 Å². The molecule has 2 rings (SSSR count). The Bertz CT molecular complexity index is 435. The molecule has 0 aliphatic heterocycles. The van der Waals surface area contributed by atoms with Gasteiger partial charge >= 0.3 is 0 Å². The molecule has 17 heavy (non-hydrogen) atoms. The van der Waals surface area contributed by atoms with Crippen LogP contribution < -0.4 is 5.32 Å². The van der Waals surface area contributed by atoms with Crippen LogP contribution in [0.4, 0.5) is 5.82 Å². The maximum atomic E-state index is 4.71. The monoisotopic (exact) mass is 233 g/mol. The van der Waals surface area contributed by atoms with E-state index in [-0.39, 0.29) is 0 Å². The molecule has 3 nitrogen and oxygen atoms in total. The first-order valence-electron chi connectivity index (χ1n) is 6.43. The van der Waals surface area contributed by atoms with Crippen molar-refractivity contribution in [3.8, 4) is 0 Å². The lowest BCUT2D eigenvalue weighted by atomic mass is 10.0. The molecule has 1 N–H and O–H groups in total. The Labute approximate surface area is 104 Å². The Morgan fingerprint density at radius 3 is 2.29 bits per heavy atom. The van der Waals surface area contributed by atoms with Crippen LogP contribution >= 0.6 is 0 Å². The summed E-state index contributed by atoms with van der Waals surface area (Å²) in [4.78, 5) is 9.42. The van der Waals surface area contributed by atoms with Crippen LogP contribution in [0.2, 0.25) is 0 Å². The van der Waals surface area contributed by atoms with Gasteiger partial charge in [0.1, 0.15) is 11.6 Å². The molecule has 1 aromatic heterocycles. The second-order valence-corrected chi connectivity index (χ2v) is 6.08. The first-order valence-corrected chi connectivity index (χ1v) is 6.43. The van der Waals surface area contributed by atoms with E-state index in [4.69, 9.17) is 9.97 Å². The average Bonchev–Trinajstić information content (AvgIpc) is 2.85. The van der Waals surface area contributed by atoms with Crippen LogP contribution in [0.1, 0.15) is 63.0 Å². The van der Waals surface area contributed by atoms with Gasteiger partial charge in [0, 0.05) is 24.2 Å². The standard InChI is InChI=1S/C14H23N3/c1-8(2)11-9(3)16-12(17-13(11)15-6)10-7-14(10,4)5/h8,10H,7H2,1-6H3,(H,15,16,17). The van der Waals surface area contributed by atoms with Gasteiger partial charge in [0.05, 0.1) is 0 Å². The van der Waals surface area contributed by atoms with E-state index in [1.165, 1.54) is 12.0 Å². The summed E-state index contributed by atoms with van der Waals surface area (Å²) in [5.74, 6) is 3.01. The van der Waals surface area contributed by atoms with Crippen LogP contribution in [0.3, 0.4) is 0 Å². The molecule has 0 spiro atoms. The number of aryl methyl sites for hydroxylation is 1. The second kappa shape index (κ2) is 3.97. The molecule has 0 aromatic carbocycles. The molecule has 1 saturated carbocycles. The highest BCUT2D eigenvalue weighted by atomic mass is 15.0. The molecule has 1 unspecified atom stereocenters. The molecule has 1 aliphatic carbocycles. The predicted octanol–water partition coefficient (Wildman–Crippen LogP) is 3.46. The number of aromatic nitrogens is 2. The third-order valence-corrected chi connectivity index (χ3v) is 3.79. The van der Waals surface area contributed by atoms with E-state index in [2.05, 4.69) is 39.9 Å². The van der Waals surface area contributed by atoms with E-state index in [0.717, 1.165) is 17.3 Å². The van der Waals surface area contributed by atoms with Crippen LogP contribution in [0, 0.1) is 12.3 Å². The average molecular weight is 233 g/mol. The first-order chi connectivity index (χ1) is 7.86. The topological polar surface area (TPSA) is 37.8 Å². The van der Waals surface area contributed by atoms with Crippen molar-refractivity contribution in [3.05, 3.63) is 17.1 Å². The number of hydrogen-bond acceptors (Lipinski definition) is 3. The summed E-state index contributed by atoms with van der Waals surface area (Å²) in [6.45, 7) is 11.0. The molecule has 3 heteroatoms. The second-order valence-electron chi connectivity index (χ2n) is 6.08. The van der Waals surface area contributed by atoms with E-state index in [1.807, 2.05) is 7.05 Å². The number of hydrogen-bond donors (Lipinski definition) is 1. The van der Waals surface area contributed by atoms with Gasteiger partial charge in [-0.15, -0.1) is 0 Å². The van der Waals surface area contributed by atoms with Crippen molar-refractivity contribution in [2.45, 2.75) is 52.9 Å². The Kier molecular flexibility index (Phi) is 2.88. The van der Waals surface area contributed by atoms with E-state index in [1.54, 1.807) is 0 Å². The van der Waals surface area contributed by atoms with Crippen molar-refractivity contribution in [2.75, 3.05) is 12.4 Å². The molecule has 1 aromatic rings. The highest BCUT2D eigenvalue weighted by molar-refractivity contribution is 5.48. The van der Waals surface area contributed by atoms with Gasteiger partial charge in [-0.25, -0.2) is 9.97 Å². The largest absolute Gasteiger partial charge is 0.373 e. The summed E-state index contributed by atoms with van der Waals surface area (Å²) in [7, 11) is 1.94. The van der Waals surface area contributed by atoms with Crippen molar-refractivity contribution >= 4 is 5.82 Å². The minimum absolute atomic E-state index is 0.386. The van der Waals surface area contributed by atoms with Crippen LogP contribution in [0.25, 0.3) is 0 Å². The van der Waals surface area contributed by atoms with Gasteiger partial charge in [-0.05, 0) is 24.7 Å². The van der Waals surface area contributed by atoms with Crippen molar-refractivity contribution in [1.29, 1.82) is 0 Å². The van der Waals surface area contributed by atoms with E-state index >= 15 is 0 Å². The Hall–Kier alpha value is -1.12.